The molecule has 0 atom stereocenters. The van der Waals surface area contributed by atoms with Gasteiger partial charge in [-0.1, -0.05) is 0 Å². The van der Waals surface area contributed by atoms with Crippen LogP contribution in [0.2, 0.25) is 0 Å². The summed E-state index contributed by atoms with van der Waals surface area (Å²) in [5.41, 5.74) is -4.68. The first-order valence-electron chi connectivity index (χ1n) is 14.3. The molecule has 28 heavy (non-hydrogen) atoms. The van der Waals surface area contributed by atoms with Gasteiger partial charge in [-0.15, -0.1) is 0 Å². The summed E-state index contributed by atoms with van der Waals surface area (Å²) < 4.78 is 111. The van der Waals surface area contributed by atoms with E-state index >= 15 is 0 Å². The fourth-order valence-corrected chi connectivity index (χ4v) is 2.28. The molecule has 3 heterocycles. The minimum absolute atomic E-state index is 0.330. The Balaban J connectivity index is 2.29. The quantitative estimate of drug-likeness (QED) is 0.711. The first kappa shape index (κ1) is 10.9. The lowest BCUT2D eigenvalue weighted by molar-refractivity contribution is 0.00578. The van der Waals surface area contributed by atoms with Gasteiger partial charge in [-0.3, -0.25) is 9.97 Å². The Hall–Kier alpha value is -1.67. The minimum atomic E-state index is -3.76. The summed E-state index contributed by atoms with van der Waals surface area (Å²) in [6, 6.07) is 0. The molecule has 0 N–H and O–H groups in total. The number of carbonyl (C=O) groups excluding carboxylic acids is 1. The van der Waals surface area contributed by atoms with Crippen LogP contribution in [0.3, 0.4) is 0 Å². The lowest BCUT2D eigenvalue weighted by Crippen LogP contribution is -2.42. The van der Waals surface area contributed by atoms with Crippen LogP contribution in [0.15, 0.2) is 12.3 Å². The van der Waals surface area contributed by atoms with Gasteiger partial charge in [0.2, 0.25) is 0 Å². The third-order valence-corrected chi connectivity index (χ3v) is 4.44. The highest BCUT2D eigenvalue weighted by Crippen LogP contribution is 2.36. The van der Waals surface area contributed by atoms with Crippen LogP contribution in [0.4, 0.5) is 4.79 Å². The van der Waals surface area contributed by atoms with Crippen LogP contribution < -0.4 is 5.59 Å². The average Bonchev–Trinajstić information content (AvgIpc) is 2.91. The Morgan fingerprint density at radius 1 is 1.29 bits per heavy atom. The molecule has 2 fully saturated rings. The molecule has 8 heteroatoms. The standard InChI is InChI=1S/C20H32BN3O4/c1-18(2,3)26-17(25)24-10-8-14(9-11-24)15-12-22-13-16(23-15)21-27-19(4,5)20(6,7)28-21/h12-14H,8-11H2,1-7H3/i8D2,9D2,10D2,11D2,12D,13D,14D. The Kier molecular flexibility index (Phi) is 2.85. The van der Waals surface area contributed by atoms with E-state index in [0.29, 0.717) is 0 Å². The number of piperidine rings is 1. The number of hydrogen-bond donors (Lipinski definition) is 0. The van der Waals surface area contributed by atoms with Crippen molar-refractivity contribution in [3.8, 4) is 0 Å². The van der Waals surface area contributed by atoms with Crippen molar-refractivity contribution in [2.75, 3.05) is 13.0 Å². The third-order valence-electron chi connectivity index (χ3n) is 4.44. The maximum absolute atomic E-state index is 12.9. The van der Waals surface area contributed by atoms with Gasteiger partial charge in [0.25, 0.3) is 0 Å². The van der Waals surface area contributed by atoms with E-state index in [-0.39, 0.29) is 4.90 Å². The Bertz CT molecular complexity index is 1150. The number of rotatable bonds is 2. The van der Waals surface area contributed by atoms with Crippen molar-refractivity contribution in [1.29, 1.82) is 0 Å². The van der Waals surface area contributed by atoms with Gasteiger partial charge in [0.05, 0.1) is 25.2 Å². The number of aromatic nitrogens is 2. The largest absolute Gasteiger partial charge is 0.516 e. The molecule has 1 aromatic rings. The maximum atomic E-state index is 12.9. The van der Waals surface area contributed by atoms with E-state index in [2.05, 4.69) is 9.97 Å². The van der Waals surface area contributed by atoms with Crippen LogP contribution in [-0.2, 0) is 14.0 Å². The molecule has 0 unspecified atom stereocenters. The number of carbonyl (C=O) groups is 1. The van der Waals surface area contributed by atoms with E-state index in [1.165, 1.54) is 20.8 Å². The van der Waals surface area contributed by atoms with Crippen molar-refractivity contribution in [2.45, 2.75) is 83.9 Å². The van der Waals surface area contributed by atoms with E-state index in [1.807, 2.05) is 0 Å². The molecule has 2 aliphatic heterocycles. The van der Waals surface area contributed by atoms with Crippen molar-refractivity contribution >= 4 is 18.8 Å². The minimum Gasteiger partial charge on any atom is -0.444 e. The predicted molar refractivity (Wildman–Crippen MR) is 108 cm³/mol. The lowest BCUT2D eigenvalue weighted by Gasteiger charge is -2.33. The molecule has 1 aromatic heterocycles. The molecule has 2 saturated heterocycles. The van der Waals surface area contributed by atoms with E-state index in [9.17, 15) is 4.79 Å². The maximum Gasteiger partial charge on any atom is 0.516 e. The van der Waals surface area contributed by atoms with Crippen molar-refractivity contribution in [3.05, 3.63) is 18.0 Å². The van der Waals surface area contributed by atoms with Gasteiger partial charge in [-0.05, 0) is 61.2 Å². The summed E-state index contributed by atoms with van der Waals surface area (Å²) in [6.07, 6.45) is -10.9. The van der Waals surface area contributed by atoms with Crippen molar-refractivity contribution in [2.24, 2.45) is 0 Å². The highest BCUT2D eigenvalue weighted by molar-refractivity contribution is 6.61. The molecule has 0 aromatic carbocycles. The zero-order chi connectivity index (χ0) is 30.6. The molecule has 0 aliphatic carbocycles. The normalized spacial score (nSPS) is 36.5. The van der Waals surface area contributed by atoms with Crippen LogP contribution in [0.25, 0.3) is 0 Å². The van der Waals surface area contributed by atoms with Gasteiger partial charge in [-0.25, -0.2) is 4.79 Å². The number of ether oxygens (including phenoxy) is 1. The summed E-state index contributed by atoms with van der Waals surface area (Å²) in [4.78, 5) is 20.3. The smallest absolute Gasteiger partial charge is 0.444 e. The van der Waals surface area contributed by atoms with E-state index < -0.39 is 85.3 Å². The molecule has 0 bridgehead atoms. The molecule has 0 radical (unpaired) electrons. The number of nitrogens with zero attached hydrogens (tertiary/aromatic N) is 3. The van der Waals surface area contributed by atoms with Gasteiger partial charge in [0.15, 0.2) is 0 Å². The average molecular weight is 400 g/mol. The van der Waals surface area contributed by atoms with Crippen LogP contribution in [0, 0.1) is 0 Å². The molecule has 1 amide bonds. The zero-order valence-electron chi connectivity index (χ0n) is 28.1. The zero-order valence-corrected chi connectivity index (χ0v) is 17.1. The summed E-state index contributed by atoms with van der Waals surface area (Å²) in [6.45, 7) is 3.59. The molecular formula is C20H32BN3O4. The lowest BCUT2D eigenvalue weighted by atomic mass is 9.84. The number of amides is 1. The van der Waals surface area contributed by atoms with Crippen molar-refractivity contribution < 1.29 is 33.9 Å². The first-order valence-corrected chi connectivity index (χ1v) is 8.85. The van der Waals surface area contributed by atoms with E-state index in [1.54, 1.807) is 27.7 Å². The first-order chi connectivity index (χ1) is 17.1. The Morgan fingerprint density at radius 3 is 2.39 bits per heavy atom. The fourth-order valence-electron chi connectivity index (χ4n) is 2.28. The molecule has 2 aliphatic rings. The SMILES string of the molecule is [2H]c1nc([2H])c(C2([2H])C([2H])([2H])C([2H])([2H])N(C(=O)OC(C)(C)C)C([2H])([2H])C2([2H])[2H])nc1B1OC(C)(C)C(C)(C)O1. The van der Waals surface area contributed by atoms with E-state index in [0.717, 1.165) is 0 Å². The summed E-state index contributed by atoms with van der Waals surface area (Å²) in [5, 5.41) is 0. The summed E-state index contributed by atoms with van der Waals surface area (Å²) in [5.74, 6) is -3.62. The highest BCUT2D eigenvalue weighted by atomic mass is 16.7. The van der Waals surface area contributed by atoms with Gasteiger partial charge < -0.3 is 18.9 Å². The second kappa shape index (κ2) is 7.30. The van der Waals surface area contributed by atoms with Crippen molar-refractivity contribution in [3.63, 3.8) is 0 Å². The Morgan fingerprint density at radius 2 is 1.86 bits per heavy atom. The number of hydrogen-bond acceptors (Lipinski definition) is 6. The van der Waals surface area contributed by atoms with Gasteiger partial charge in [-0.2, -0.15) is 0 Å². The monoisotopic (exact) mass is 400 g/mol. The second-order valence-corrected chi connectivity index (χ2v) is 8.43. The third kappa shape index (κ3) is 4.49. The van der Waals surface area contributed by atoms with E-state index in [4.69, 9.17) is 29.1 Å². The van der Waals surface area contributed by atoms with Gasteiger partial charge in [0.1, 0.15) is 5.60 Å². The van der Waals surface area contributed by atoms with Crippen LogP contribution in [-0.4, -0.2) is 57.9 Å². The molecule has 0 spiro atoms. The second-order valence-electron chi connectivity index (χ2n) is 8.43. The molecular weight excluding hydrogens is 357 g/mol. The van der Waals surface area contributed by atoms with Crippen LogP contribution in [0.1, 0.15) is 87.9 Å². The molecule has 0 saturated carbocycles. The number of likely N-dealkylation sites (tertiary alicyclic amines) is 1. The van der Waals surface area contributed by atoms with Gasteiger partial charge >= 0.3 is 13.2 Å². The summed E-state index contributed by atoms with van der Waals surface area (Å²) in [7, 11) is -1.40. The molecule has 154 valence electrons. The Labute approximate surface area is 183 Å². The fraction of sp³-hybridized carbons (Fsp3) is 0.750. The predicted octanol–water partition coefficient (Wildman–Crippen LogP) is 2.89. The summed E-state index contributed by atoms with van der Waals surface area (Å²) >= 11 is 0. The van der Waals surface area contributed by atoms with Gasteiger partial charge in [0, 0.05) is 43.6 Å². The van der Waals surface area contributed by atoms with Crippen molar-refractivity contribution in [1.82, 2.24) is 14.9 Å². The molecule has 3 rings (SSSR count). The van der Waals surface area contributed by atoms with Crippen LogP contribution in [0.5, 0.6) is 0 Å². The molecule has 7 nitrogen and oxygen atoms in total. The van der Waals surface area contributed by atoms with Crippen LogP contribution >= 0.6 is 0 Å². The topological polar surface area (TPSA) is 73.8 Å². The highest BCUT2D eigenvalue weighted by Gasteiger charge is 2.52.